The molecule has 12 heavy (non-hydrogen) atoms. The average molecular weight is 167 g/mol. The molecule has 0 aliphatic heterocycles. The van der Waals surface area contributed by atoms with Crippen molar-refractivity contribution in [2.45, 2.75) is 6.42 Å². The number of hydrogen-bond acceptors (Lipinski definition) is 3. The molecule has 0 unspecified atom stereocenters. The van der Waals surface area contributed by atoms with Crippen molar-refractivity contribution in [2.24, 2.45) is 7.05 Å². The van der Waals surface area contributed by atoms with E-state index in [-0.39, 0.29) is 12.3 Å². The van der Waals surface area contributed by atoms with Crippen LogP contribution in [-0.2, 0) is 16.6 Å². The van der Waals surface area contributed by atoms with Gasteiger partial charge in [0.25, 0.3) is 0 Å². The third kappa shape index (κ3) is 1.91. The summed E-state index contributed by atoms with van der Waals surface area (Å²) in [5, 5.41) is 2.47. The quantitative estimate of drug-likeness (QED) is 0.507. The van der Waals surface area contributed by atoms with E-state index in [4.69, 9.17) is 0 Å². The van der Waals surface area contributed by atoms with Crippen molar-refractivity contribution in [2.75, 3.05) is 5.32 Å². The molecule has 0 aliphatic rings. The predicted octanol–water partition coefficient (Wildman–Crippen LogP) is -0.0524. The van der Waals surface area contributed by atoms with Crippen molar-refractivity contribution in [3.05, 3.63) is 12.4 Å². The van der Waals surface area contributed by atoms with Gasteiger partial charge in [0.05, 0.1) is 6.42 Å². The van der Waals surface area contributed by atoms with Crippen LogP contribution in [0.1, 0.15) is 6.42 Å². The van der Waals surface area contributed by atoms with Crippen LogP contribution < -0.4 is 5.32 Å². The third-order valence-electron chi connectivity index (χ3n) is 1.34. The number of hydrogen-bond donors (Lipinski definition) is 1. The highest BCUT2D eigenvalue weighted by molar-refractivity contribution is 5.96. The maximum atomic E-state index is 10.9. The molecule has 1 aromatic heterocycles. The van der Waals surface area contributed by atoms with Gasteiger partial charge < -0.3 is 9.36 Å². The molecule has 5 nitrogen and oxygen atoms in total. The minimum Gasteiger partial charge on any atom is -0.320 e. The molecule has 0 aliphatic carbocycles. The van der Waals surface area contributed by atoms with Crippen LogP contribution in [0.25, 0.3) is 0 Å². The monoisotopic (exact) mass is 167 g/mol. The summed E-state index contributed by atoms with van der Waals surface area (Å²) in [4.78, 5) is 24.7. The first-order chi connectivity index (χ1) is 5.74. The van der Waals surface area contributed by atoms with Gasteiger partial charge in [-0.05, 0) is 0 Å². The maximum absolute atomic E-state index is 10.9. The van der Waals surface area contributed by atoms with Crippen LogP contribution in [0.5, 0.6) is 0 Å². The fraction of sp³-hybridized carbons (Fsp3) is 0.286. The number of aldehydes is 1. The van der Waals surface area contributed by atoms with Crippen LogP contribution in [0.15, 0.2) is 12.4 Å². The van der Waals surface area contributed by atoms with Gasteiger partial charge in [0.2, 0.25) is 11.9 Å². The Labute approximate surface area is 69.4 Å². The Morgan fingerprint density at radius 1 is 1.83 bits per heavy atom. The van der Waals surface area contributed by atoms with E-state index >= 15 is 0 Å². The summed E-state index contributed by atoms with van der Waals surface area (Å²) < 4.78 is 1.66. The Morgan fingerprint density at radius 3 is 3.08 bits per heavy atom. The molecule has 0 atom stereocenters. The summed E-state index contributed by atoms with van der Waals surface area (Å²) in [6, 6.07) is 0. The summed E-state index contributed by atoms with van der Waals surface area (Å²) in [6.07, 6.45) is 3.69. The lowest BCUT2D eigenvalue weighted by molar-refractivity contribution is -0.120. The minimum absolute atomic E-state index is 0.132. The molecule has 1 N–H and O–H groups in total. The number of carbonyl (C=O) groups is 2. The van der Waals surface area contributed by atoms with E-state index in [1.165, 1.54) is 0 Å². The van der Waals surface area contributed by atoms with E-state index in [1.54, 1.807) is 24.0 Å². The number of aryl methyl sites for hydroxylation is 1. The van der Waals surface area contributed by atoms with Crippen molar-refractivity contribution in [1.82, 2.24) is 9.55 Å². The summed E-state index contributed by atoms with van der Waals surface area (Å²) in [5.41, 5.74) is 0. The molecule has 0 radical (unpaired) electrons. The lowest BCUT2D eigenvalue weighted by atomic mass is 10.4. The Hall–Kier alpha value is -1.65. The zero-order valence-corrected chi connectivity index (χ0v) is 6.65. The Kier molecular flexibility index (Phi) is 2.57. The molecular weight excluding hydrogens is 158 g/mol. The van der Waals surface area contributed by atoms with E-state index in [0.29, 0.717) is 12.2 Å². The molecule has 0 saturated carbocycles. The van der Waals surface area contributed by atoms with E-state index < -0.39 is 0 Å². The van der Waals surface area contributed by atoms with Crippen LogP contribution in [0.3, 0.4) is 0 Å². The smallest absolute Gasteiger partial charge is 0.233 e. The second-order valence-corrected chi connectivity index (χ2v) is 2.28. The minimum atomic E-state index is -0.348. The average Bonchev–Trinajstić information content (AvgIpc) is 2.37. The number of carbonyl (C=O) groups excluding carboxylic acids is 2. The van der Waals surface area contributed by atoms with Crippen LogP contribution in [0, 0.1) is 0 Å². The fourth-order valence-corrected chi connectivity index (χ4v) is 0.737. The van der Waals surface area contributed by atoms with Crippen molar-refractivity contribution in [3.8, 4) is 0 Å². The highest BCUT2D eigenvalue weighted by Gasteiger charge is 2.03. The number of imidazole rings is 1. The molecule has 0 fully saturated rings. The van der Waals surface area contributed by atoms with Crippen LogP contribution in [0.4, 0.5) is 5.95 Å². The van der Waals surface area contributed by atoms with Crippen molar-refractivity contribution in [3.63, 3.8) is 0 Å². The second-order valence-electron chi connectivity index (χ2n) is 2.28. The lowest BCUT2D eigenvalue weighted by Gasteiger charge is -2.00. The van der Waals surface area contributed by atoms with Gasteiger partial charge in [-0.25, -0.2) is 4.98 Å². The zero-order valence-electron chi connectivity index (χ0n) is 6.65. The van der Waals surface area contributed by atoms with E-state index in [2.05, 4.69) is 10.3 Å². The predicted molar refractivity (Wildman–Crippen MR) is 42.5 cm³/mol. The first-order valence-corrected chi connectivity index (χ1v) is 3.45. The molecule has 1 amide bonds. The number of nitrogens with zero attached hydrogens (tertiary/aromatic N) is 2. The summed E-state index contributed by atoms with van der Waals surface area (Å²) in [7, 11) is 1.75. The fourth-order valence-electron chi connectivity index (χ4n) is 0.737. The Bertz CT molecular complexity index is 293. The molecule has 1 heterocycles. The molecular formula is C7H9N3O2. The van der Waals surface area contributed by atoms with Gasteiger partial charge >= 0.3 is 0 Å². The van der Waals surface area contributed by atoms with Gasteiger partial charge in [-0.15, -0.1) is 0 Å². The molecule has 1 rings (SSSR count). The van der Waals surface area contributed by atoms with Gasteiger partial charge in [0.1, 0.15) is 6.29 Å². The molecule has 1 aromatic rings. The first-order valence-electron chi connectivity index (χ1n) is 3.45. The molecule has 0 spiro atoms. The lowest BCUT2D eigenvalue weighted by Crippen LogP contribution is -2.14. The molecule has 0 saturated heterocycles. The van der Waals surface area contributed by atoms with Crippen LogP contribution in [-0.4, -0.2) is 21.7 Å². The topological polar surface area (TPSA) is 64.0 Å². The van der Waals surface area contributed by atoms with Gasteiger partial charge in [-0.2, -0.15) is 0 Å². The molecule has 0 bridgehead atoms. The normalized spacial score (nSPS) is 9.42. The summed E-state index contributed by atoms with van der Waals surface area (Å²) in [5.74, 6) is 0.0983. The largest absolute Gasteiger partial charge is 0.320 e. The number of rotatable bonds is 3. The van der Waals surface area contributed by atoms with Crippen molar-refractivity contribution < 1.29 is 9.59 Å². The van der Waals surface area contributed by atoms with Crippen molar-refractivity contribution in [1.29, 1.82) is 0 Å². The van der Waals surface area contributed by atoms with E-state index in [9.17, 15) is 9.59 Å². The number of nitrogens with one attached hydrogen (secondary N) is 1. The maximum Gasteiger partial charge on any atom is 0.233 e. The summed E-state index contributed by atoms with van der Waals surface area (Å²) in [6.45, 7) is 0. The van der Waals surface area contributed by atoms with E-state index in [0.717, 1.165) is 0 Å². The highest BCUT2D eigenvalue weighted by Crippen LogP contribution is 2.00. The first kappa shape index (κ1) is 8.45. The molecule has 64 valence electrons. The van der Waals surface area contributed by atoms with Gasteiger partial charge in [0.15, 0.2) is 0 Å². The summed E-state index contributed by atoms with van der Waals surface area (Å²) >= 11 is 0. The number of amides is 1. The zero-order chi connectivity index (χ0) is 8.97. The number of anilines is 1. The molecule has 5 heteroatoms. The Balaban J connectivity index is 2.57. The van der Waals surface area contributed by atoms with Gasteiger partial charge in [-0.3, -0.25) is 10.1 Å². The third-order valence-corrected chi connectivity index (χ3v) is 1.34. The Morgan fingerprint density at radius 2 is 2.58 bits per heavy atom. The molecule has 0 aromatic carbocycles. The SMILES string of the molecule is Cn1ccnc1NC(=O)CC=O. The van der Waals surface area contributed by atoms with Crippen molar-refractivity contribution >= 4 is 18.1 Å². The van der Waals surface area contributed by atoms with Gasteiger partial charge in [0, 0.05) is 19.4 Å². The highest BCUT2D eigenvalue weighted by atomic mass is 16.2. The van der Waals surface area contributed by atoms with E-state index in [1.807, 2.05) is 0 Å². The van der Waals surface area contributed by atoms with Crippen LogP contribution >= 0.6 is 0 Å². The van der Waals surface area contributed by atoms with Crippen LogP contribution in [0.2, 0.25) is 0 Å². The number of aromatic nitrogens is 2. The standard InChI is InChI=1S/C7H9N3O2/c1-10-4-3-8-7(10)9-6(12)2-5-11/h3-5H,2H2,1H3,(H,8,9,12). The van der Waals surface area contributed by atoms with Gasteiger partial charge in [-0.1, -0.05) is 0 Å². The second kappa shape index (κ2) is 3.66.